The molecule has 3 N–H and O–H groups in total. The molecule has 2 heterocycles. The minimum Gasteiger partial charge on any atom is -0.497 e. The van der Waals surface area contributed by atoms with E-state index >= 15 is 0 Å². The number of aromatic hydroxyl groups is 1. The fourth-order valence-corrected chi connectivity index (χ4v) is 3.47. The molecule has 8 nitrogen and oxygen atoms in total. The van der Waals surface area contributed by atoms with Crippen LogP contribution in [0.4, 0.5) is 4.79 Å². The van der Waals surface area contributed by atoms with Crippen molar-refractivity contribution in [3.63, 3.8) is 0 Å². The number of urea groups is 1. The van der Waals surface area contributed by atoms with Gasteiger partial charge in [0, 0.05) is 22.5 Å². The summed E-state index contributed by atoms with van der Waals surface area (Å²) in [6.45, 7) is 2.32. The first-order valence-electron chi connectivity index (χ1n) is 9.69. The van der Waals surface area contributed by atoms with E-state index in [4.69, 9.17) is 9.47 Å². The summed E-state index contributed by atoms with van der Waals surface area (Å²) in [5.41, 5.74) is -0.916. The second-order valence-electron chi connectivity index (χ2n) is 7.06. The average molecular weight is 419 g/mol. The molecule has 1 aliphatic heterocycles. The average Bonchev–Trinajstić information content (AvgIpc) is 3.22. The highest BCUT2D eigenvalue weighted by Gasteiger charge is 2.46. The first-order chi connectivity index (χ1) is 14.9. The quantitative estimate of drug-likeness (QED) is 0.435. The summed E-state index contributed by atoms with van der Waals surface area (Å²) in [6.07, 6.45) is 1.70. The molecule has 0 bridgehead atoms. The summed E-state index contributed by atoms with van der Waals surface area (Å²) in [4.78, 5) is 24.6. The van der Waals surface area contributed by atoms with Crippen LogP contribution in [0.15, 0.2) is 48.7 Å². The maximum Gasteiger partial charge on any atom is 0.323 e. The third-order valence-corrected chi connectivity index (χ3v) is 4.98. The van der Waals surface area contributed by atoms with Gasteiger partial charge in [0.15, 0.2) is 5.88 Å². The van der Waals surface area contributed by atoms with Gasteiger partial charge in [-0.2, -0.15) is 0 Å². The van der Waals surface area contributed by atoms with Gasteiger partial charge in [-0.3, -0.25) is 10.1 Å². The SMILES string of the molecule is CCOc1cccc(C#C[C@]2(Cn3cc4ccc(OC)cc4c3O)NC(=O)NC2=O)c1. The molecule has 8 heteroatoms. The van der Waals surface area contributed by atoms with Crippen molar-refractivity contribution in [1.82, 2.24) is 15.2 Å². The fraction of sp³-hybridized carbons (Fsp3) is 0.217. The van der Waals surface area contributed by atoms with Crippen molar-refractivity contribution in [2.45, 2.75) is 19.0 Å². The number of amides is 3. The lowest BCUT2D eigenvalue weighted by Gasteiger charge is -2.20. The predicted octanol–water partition coefficient (Wildman–Crippen LogP) is 2.38. The van der Waals surface area contributed by atoms with Crippen LogP contribution in [0, 0.1) is 11.8 Å². The van der Waals surface area contributed by atoms with E-state index in [0.29, 0.717) is 29.1 Å². The van der Waals surface area contributed by atoms with E-state index in [9.17, 15) is 14.7 Å². The van der Waals surface area contributed by atoms with Gasteiger partial charge in [-0.1, -0.05) is 17.9 Å². The van der Waals surface area contributed by atoms with Crippen LogP contribution in [0.1, 0.15) is 12.5 Å². The van der Waals surface area contributed by atoms with Crippen LogP contribution < -0.4 is 20.1 Å². The Morgan fingerprint density at radius 3 is 2.71 bits per heavy atom. The largest absolute Gasteiger partial charge is 0.497 e. The number of hydrogen-bond donors (Lipinski definition) is 3. The van der Waals surface area contributed by atoms with Gasteiger partial charge in [0.05, 0.1) is 20.3 Å². The number of hydrogen-bond acceptors (Lipinski definition) is 5. The molecule has 31 heavy (non-hydrogen) atoms. The highest BCUT2D eigenvalue weighted by atomic mass is 16.5. The number of methoxy groups -OCH3 is 1. The molecule has 0 saturated carbocycles. The number of ether oxygens (including phenoxy) is 2. The normalized spacial score (nSPS) is 17.6. The Morgan fingerprint density at radius 1 is 1.16 bits per heavy atom. The Kier molecular flexibility index (Phi) is 5.17. The molecule has 0 spiro atoms. The number of carbonyl (C=O) groups excluding carboxylic acids is 2. The number of nitrogens with one attached hydrogen (secondary N) is 2. The zero-order valence-electron chi connectivity index (χ0n) is 17.1. The minimum atomic E-state index is -1.55. The molecule has 1 atom stereocenters. The zero-order chi connectivity index (χ0) is 22.0. The molecule has 3 aromatic rings. The Balaban J connectivity index is 1.73. The third kappa shape index (κ3) is 3.85. The standard InChI is InChI=1S/C23H21N3O5/c1-3-31-18-6-4-5-15(11-18)9-10-23(21(28)24-22(29)25-23)14-26-13-16-7-8-17(30-2)12-19(16)20(26)27/h4-8,11-13,27H,3,14H2,1-2H3,(H2,24,25,28,29)/t23-/m1/s1. The van der Waals surface area contributed by atoms with Gasteiger partial charge in [0.25, 0.3) is 5.91 Å². The van der Waals surface area contributed by atoms with Gasteiger partial charge in [-0.15, -0.1) is 0 Å². The Labute approximate surface area is 178 Å². The molecule has 2 aromatic carbocycles. The summed E-state index contributed by atoms with van der Waals surface area (Å²) in [6, 6.07) is 11.8. The highest BCUT2D eigenvalue weighted by Crippen LogP contribution is 2.32. The van der Waals surface area contributed by atoms with Crippen molar-refractivity contribution in [2.75, 3.05) is 13.7 Å². The second kappa shape index (κ2) is 7.95. The Bertz CT molecular complexity index is 1240. The molecule has 0 aliphatic carbocycles. The smallest absolute Gasteiger partial charge is 0.323 e. The number of nitrogens with zero attached hydrogens (tertiary/aromatic N) is 1. The van der Waals surface area contributed by atoms with E-state index in [0.717, 1.165) is 5.39 Å². The van der Waals surface area contributed by atoms with Crippen LogP contribution in [0.3, 0.4) is 0 Å². The number of benzene rings is 2. The van der Waals surface area contributed by atoms with Gasteiger partial charge in [0.2, 0.25) is 5.54 Å². The van der Waals surface area contributed by atoms with E-state index in [1.54, 1.807) is 49.7 Å². The summed E-state index contributed by atoms with van der Waals surface area (Å²) >= 11 is 0. The number of aromatic nitrogens is 1. The Morgan fingerprint density at radius 2 is 2.00 bits per heavy atom. The molecule has 1 saturated heterocycles. The van der Waals surface area contributed by atoms with Crippen LogP contribution in [-0.4, -0.2) is 40.9 Å². The maximum absolute atomic E-state index is 12.7. The van der Waals surface area contributed by atoms with Gasteiger partial charge in [0.1, 0.15) is 11.5 Å². The van der Waals surface area contributed by atoms with Gasteiger partial charge in [-0.05, 0) is 43.3 Å². The predicted molar refractivity (Wildman–Crippen MR) is 114 cm³/mol. The molecule has 4 rings (SSSR count). The molecular weight excluding hydrogens is 398 g/mol. The lowest BCUT2D eigenvalue weighted by atomic mass is 9.99. The van der Waals surface area contributed by atoms with Crippen LogP contribution in [-0.2, 0) is 11.3 Å². The second-order valence-corrected chi connectivity index (χ2v) is 7.06. The topological polar surface area (TPSA) is 102 Å². The lowest BCUT2D eigenvalue weighted by Crippen LogP contribution is -2.49. The van der Waals surface area contributed by atoms with E-state index < -0.39 is 17.5 Å². The van der Waals surface area contributed by atoms with Crippen molar-refractivity contribution >= 4 is 22.7 Å². The van der Waals surface area contributed by atoms with E-state index in [-0.39, 0.29) is 12.4 Å². The number of rotatable bonds is 5. The van der Waals surface area contributed by atoms with Crippen molar-refractivity contribution in [2.24, 2.45) is 0 Å². The van der Waals surface area contributed by atoms with Crippen molar-refractivity contribution in [3.8, 4) is 29.2 Å². The monoisotopic (exact) mass is 419 g/mol. The summed E-state index contributed by atoms with van der Waals surface area (Å²) in [5.74, 6) is 6.46. The first-order valence-corrected chi connectivity index (χ1v) is 9.69. The molecular formula is C23H21N3O5. The van der Waals surface area contributed by atoms with Crippen LogP contribution >= 0.6 is 0 Å². The first kappa shape index (κ1) is 20.2. The number of fused-ring (bicyclic) bond motifs is 1. The summed E-state index contributed by atoms with van der Waals surface area (Å²) in [7, 11) is 1.54. The highest BCUT2D eigenvalue weighted by molar-refractivity contribution is 6.09. The summed E-state index contributed by atoms with van der Waals surface area (Å²) in [5, 5.41) is 16.9. The number of imide groups is 1. The van der Waals surface area contributed by atoms with Gasteiger partial charge in [-0.25, -0.2) is 4.79 Å². The van der Waals surface area contributed by atoms with Crippen LogP contribution in [0.2, 0.25) is 0 Å². The van der Waals surface area contributed by atoms with Gasteiger partial charge < -0.3 is 24.5 Å². The van der Waals surface area contributed by atoms with E-state index in [1.807, 2.05) is 13.0 Å². The van der Waals surface area contributed by atoms with Crippen molar-refractivity contribution in [1.29, 1.82) is 0 Å². The summed E-state index contributed by atoms with van der Waals surface area (Å²) < 4.78 is 12.2. The van der Waals surface area contributed by atoms with E-state index in [2.05, 4.69) is 22.5 Å². The molecule has 0 radical (unpaired) electrons. The van der Waals surface area contributed by atoms with E-state index in [1.165, 1.54) is 4.57 Å². The van der Waals surface area contributed by atoms with Gasteiger partial charge >= 0.3 is 6.03 Å². The van der Waals surface area contributed by atoms with Crippen LogP contribution in [0.5, 0.6) is 17.4 Å². The molecule has 3 amide bonds. The molecule has 1 aliphatic rings. The van der Waals surface area contributed by atoms with Crippen molar-refractivity contribution in [3.05, 3.63) is 54.2 Å². The maximum atomic E-state index is 12.7. The van der Waals surface area contributed by atoms with Crippen LogP contribution in [0.25, 0.3) is 10.8 Å². The molecule has 0 unspecified atom stereocenters. The number of carbonyl (C=O) groups is 2. The molecule has 1 aromatic heterocycles. The fourth-order valence-electron chi connectivity index (χ4n) is 3.47. The third-order valence-electron chi connectivity index (χ3n) is 4.98. The molecule has 158 valence electrons. The lowest BCUT2D eigenvalue weighted by molar-refractivity contribution is -0.122. The Hall–Kier alpha value is -4.12. The molecule has 1 fully saturated rings. The van der Waals surface area contributed by atoms with Crippen molar-refractivity contribution < 1.29 is 24.2 Å². The zero-order valence-corrected chi connectivity index (χ0v) is 17.1. The minimum absolute atomic E-state index is 0.0534.